The first-order valence-electron chi connectivity index (χ1n) is 6.28. The Morgan fingerprint density at radius 3 is 2.38 bits per heavy atom. The predicted molar refractivity (Wildman–Crippen MR) is 73.4 cm³/mol. The van der Waals surface area contributed by atoms with Crippen LogP contribution in [0.5, 0.6) is 0 Å². The summed E-state index contributed by atoms with van der Waals surface area (Å²) in [5.74, 6) is 0.605. The van der Waals surface area contributed by atoms with Gasteiger partial charge in [0.05, 0.1) is 0 Å². The second-order valence-corrected chi connectivity index (χ2v) is 19.1. The predicted octanol–water partition coefficient (Wildman–Crippen LogP) is 3.63. The molecule has 1 saturated carbocycles. The van der Waals surface area contributed by atoms with Crippen LogP contribution in [0.15, 0.2) is 0 Å². The minimum atomic E-state index is -2.41. The second kappa shape index (κ2) is 6.52. The van der Waals surface area contributed by atoms with Gasteiger partial charge < -0.3 is 0 Å². The van der Waals surface area contributed by atoms with Gasteiger partial charge in [0.15, 0.2) is 0 Å². The quantitative estimate of drug-likeness (QED) is 0.619. The number of thiol groups is 1. The molecule has 0 saturated heterocycles. The Kier molecular flexibility index (Phi) is 5.99. The third kappa shape index (κ3) is 5.80. The fourth-order valence-electron chi connectivity index (χ4n) is 2.24. The SMILES string of the molecule is [CH3][Sn]([CH3])([CH3])[O]C(=O)CC(S)C1CCCCC1. The van der Waals surface area contributed by atoms with Crippen molar-refractivity contribution in [3.8, 4) is 0 Å². The summed E-state index contributed by atoms with van der Waals surface area (Å²) in [4.78, 5) is 18.0. The summed E-state index contributed by atoms with van der Waals surface area (Å²) in [7, 11) is 0. The van der Waals surface area contributed by atoms with Gasteiger partial charge in [-0.15, -0.1) is 0 Å². The van der Waals surface area contributed by atoms with Crippen LogP contribution in [0.3, 0.4) is 0 Å². The molecule has 0 radical (unpaired) electrons. The normalized spacial score (nSPS) is 20.5. The molecule has 1 aliphatic carbocycles. The molecule has 1 rings (SSSR count). The van der Waals surface area contributed by atoms with E-state index in [0.717, 1.165) is 0 Å². The van der Waals surface area contributed by atoms with E-state index in [4.69, 9.17) is 3.07 Å². The monoisotopic (exact) mass is 352 g/mol. The van der Waals surface area contributed by atoms with Gasteiger partial charge in [0.25, 0.3) is 0 Å². The van der Waals surface area contributed by atoms with E-state index in [1.54, 1.807) is 0 Å². The Morgan fingerprint density at radius 2 is 1.88 bits per heavy atom. The summed E-state index contributed by atoms with van der Waals surface area (Å²) in [6.07, 6.45) is 6.92. The van der Waals surface area contributed by atoms with E-state index in [-0.39, 0.29) is 11.2 Å². The van der Waals surface area contributed by atoms with Gasteiger partial charge in [-0.1, -0.05) is 0 Å². The van der Waals surface area contributed by atoms with E-state index in [1.807, 2.05) is 0 Å². The van der Waals surface area contributed by atoms with Gasteiger partial charge in [0.1, 0.15) is 0 Å². The number of hydrogen-bond acceptors (Lipinski definition) is 3. The molecule has 0 aromatic carbocycles. The van der Waals surface area contributed by atoms with Gasteiger partial charge in [-0.05, 0) is 0 Å². The zero-order chi connectivity index (χ0) is 12.2. The Morgan fingerprint density at radius 1 is 1.31 bits per heavy atom. The molecular formula is C12H24O2SSn. The zero-order valence-corrected chi connectivity index (χ0v) is 14.4. The molecule has 16 heavy (non-hydrogen) atoms. The second-order valence-electron chi connectivity index (χ2n) is 5.76. The molecule has 4 heteroatoms. The first-order chi connectivity index (χ1) is 7.38. The van der Waals surface area contributed by atoms with Crippen LogP contribution in [0.1, 0.15) is 38.5 Å². The standard InChI is InChI=1S/C9H16O2S.3CH3.Sn/c10-9(11)6-8(12)7-4-2-1-3-5-7;;;;/h7-8,12H,1-6H2,(H,10,11);3*1H3;/q;;;;+1/p-1. The number of hydrogen-bond donors (Lipinski definition) is 1. The van der Waals surface area contributed by atoms with Crippen molar-refractivity contribution >= 4 is 37.4 Å². The van der Waals surface area contributed by atoms with Crippen LogP contribution >= 0.6 is 12.6 Å². The van der Waals surface area contributed by atoms with E-state index >= 15 is 0 Å². The molecule has 0 spiro atoms. The minimum absolute atomic E-state index is 0.0196. The third-order valence-electron chi connectivity index (χ3n) is 2.99. The van der Waals surface area contributed by atoms with Crippen LogP contribution in [0, 0.1) is 5.92 Å². The van der Waals surface area contributed by atoms with Crippen molar-refractivity contribution in [1.29, 1.82) is 0 Å². The Bertz CT molecular complexity index is 232. The summed E-state index contributed by atoms with van der Waals surface area (Å²) in [6, 6.07) is 0. The Balaban J connectivity index is 2.32. The fraction of sp³-hybridized carbons (Fsp3) is 0.917. The van der Waals surface area contributed by atoms with Gasteiger partial charge in [0.2, 0.25) is 0 Å². The summed E-state index contributed by atoms with van der Waals surface area (Å²) in [5, 5.41) is 0.210. The number of carbonyl (C=O) groups is 1. The van der Waals surface area contributed by atoms with E-state index in [1.165, 1.54) is 32.1 Å². The van der Waals surface area contributed by atoms with Crippen LogP contribution in [0.25, 0.3) is 0 Å². The zero-order valence-electron chi connectivity index (χ0n) is 10.7. The molecule has 1 fully saturated rings. The van der Waals surface area contributed by atoms with Crippen LogP contribution in [-0.4, -0.2) is 30.0 Å². The van der Waals surface area contributed by atoms with Crippen molar-refractivity contribution in [1.82, 2.24) is 0 Å². The van der Waals surface area contributed by atoms with Crippen LogP contribution in [0.2, 0.25) is 14.8 Å². The number of carbonyl (C=O) groups excluding carboxylic acids is 1. The average molecular weight is 351 g/mol. The topological polar surface area (TPSA) is 26.3 Å². The van der Waals surface area contributed by atoms with E-state index < -0.39 is 18.8 Å². The van der Waals surface area contributed by atoms with E-state index in [2.05, 4.69) is 27.4 Å². The van der Waals surface area contributed by atoms with E-state index in [0.29, 0.717) is 12.3 Å². The van der Waals surface area contributed by atoms with Gasteiger partial charge in [-0.2, -0.15) is 0 Å². The average Bonchev–Trinajstić information content (AvgIpc) is 2.16. The Hall–Kier alpha value is 0.619. The summed E-state index contributed by atoms with van der Waals surface area (Å²) in [5.41, 5.74) is 0. The summed E-state index contributed by atoms with van der Waals surface area (Å²) in [6.45, 7) is 0. The molecule has 0 aliphatic heterocycles. The van der Waals surface area contributed by atoms with Crippen molar-refractivity contribution < 1.29 is 7.87 Å². The molecule has 2 nitrogen and oxygen atoms in total. The van der Waals surface area contributed by atoms with Crippen LogP contribution < -0.4 is 0 Å². The maximum atomic E-state index is 11.7. The molecule has 1 aliphatic rings. The van der Waals surface area contributed by atoms with Crippen LogP contribution in [-0.2, 0) is 7.87 Å². The molecule has 0 heterocycles. The molecule has 0 amide bonds. The van der Waals surface area contributed by atoms with Crippen molar-refractivity contribution in [3.63, 3.8) is 0 Å². The summed E-state index contributed by atoms with van der Waals surface area (Å²) < 4.78 is 5.52. The van der Waals surface area contributed by atoms with Crippen LogP contribution in [0.4, 0.5) is 0 Å². The summed E-state index contributed by atoms with van der Waals surface area (Å²) >= 11 is 2.18. The molecule has 0 aromatic rings. The molecule has 1 unspecified atom stereocenters. The molecule has 1 atom stereocenters. The van der Waals surface area contributed by atoms with Crippen molar-refractivity contribution in [2.24, 2.45) is 5.92 Å². The van der Waals surface area contributed by atoms with Crippen molar-refractivity contribution in [2.75, 3.05) is 0 Å². The molecular weight excluding hydrogens is 327 g/mol. The molecule has 94 valence electrons. The fourth-order valence-corrected chi connectivity index (χ4v) is 4.87. The first kappa shape index (κ1) is 14.7. The van der Waals surface area contributed by atoms with Crippen molar-refractivity contribution in [3.05, 3.63) is 0 Å². The molecule has 0 N–H and O–H groups in total. The van der Waals surface area contributed by atoms with Gasteiger partial charge in [0, 0.05) is 0 Å². The van der Waals surface area contributed by atoms with Gasteiger partial charge >= 0.3 is 110 Å². The van der Waals surface area contributed by atoms with Gasteiger partial charge in [-0.3, -0.25) is 0 Å². The number of rotatable bonds is 4. The third-order valence-corrected chi connectivity index (χ3v) is 5.99. The first-order valence-corrected chi connectivity index (χ1v) is 16.5. The van der Waals surface area contributed by atoms with E-state index in [9.17, 15) is 4.79 Å². The van der Waals surface area contributed by atoms with Crippen molar-refractivity contribution in [2.45, 2.75) is 58.6 Å². The van der Waals surface area contributed by atoms with Gasteiger partial charge in [-0.25, -0.2) is 0 Å². The molecule has 0 aromatic heterocycles. The maximum absolute atomic E-state index is 11.7. The molecule has 0 bridgehead atoms. The Labute approximate surface area is 109 Å².